The van der Waals surface area contributed by atoms with Crippen LogP contribution in [0.4, 0.5) is 0 Å². The van der Waals surface area contributed by atoms with Crippen molar-refractivity contribution >= 4 is 28.3 Å². The zero-order chi connectivity index (χ0) is 17.6. The van der Waals surface area contributed by atoms with Crippen LogP contribution in [0, 0.1) is 13.8 Å². The average molecular weight is 355 g/mol. The molecule has 25 heavy (non-hydrogen) atoms. The molecule has 0 spiro atoms. The Morgan fingerprint density at radius 2 is 2.20 bits per heavy atom. The number of carbonyl (C=O) groups is 1. The Kier molecular flexibility index (Phi) is 4.03. The highest BCUT2D eigenvalue weighted by molar-refractivity contribution is 7.13. The van der Waals surface area contributed by atoms with Crippen molar-refractivity contribution in [1.29, 1.82) is 0 Å². The zero-order valence-corrected chi connectivity index (χ0v) is 15.5. The normalized spacial score (nSPS) is 18.0. The van der Waals surface area contributed by atoms with E-state index in [1.54, 1.807) is 6.20 Å². The molecule has 4 rings (SSSR count). The van der Waals surface area contributed by atoms with Crippen molar-refractivity contribution in [3.8, 4) is 0 Å². The van der Waals surface area contributed by atoms with Gasteiger partial charge in [0.15, 0.2) is 5.65 Å². The summed E-state index contributed by atoms with van der Waals surface area (Å²) < 4.78 is 1.84. The van der Waals surface area contributed by atoms with E-state index in [9.17, 15) is 4.79 Å². The molecule has 0 radical (unpaired) electrons. The summed E-state index contributed by atoms with van der Waals surface area (Å²) in [6.45, 7) is 5.36. The van der Waals surface area contributed by atoms with Crippen LogP contribution in [0.15, 0.2) is 18.3 Å². The van der Waals surface area contributed by atoms with E-state index in [1.165, 1.54) is 11.3 Å². The molecular formula is C18H21N5OS. The molecular weight excluding hydrogens is 334 g/mol. The van der Waals surface area contributed by atoms with Crippen LogP contribution in [0.25, 0.3) is 11.0 Å². The number of nitrogens with zero attached hydrogens (tertiary/aromatic N) is 5. The maximum absolute atomic E-state index is 12.9. The number of amides is 1. The summed E-state index contributed by atoms with van der Waals surface area (Å²) in [6, 6.07) is 4.02. The number of likely N-dealkylation sites (tertiary alicyclic amines) is 1. The first kappa shape index (κ1) is 16.2. The van der Waals surface area contributed by atoms with Gasteiger partial charge in [0.2, 0.25) is 0 Å². The van der Waals surface area contributed by atoms with Crippen LogP contribution in [-0.4, -0.2) is 43.6 Å². The second kappa shape index (κ2) is 6.22. The van der Waals surface area contributed by atoms with Crippen LogP contribution >= 0.6 is 11.3 Å². The number of carbonyl (C=O) groups excluding carboxylic acids is 1. The van der Waals surface area contributed by atoms with Crippen LogP contribution < -0.4 is 0 Å². The Labute approximate surface area is 150 Å². The monoisotopic (exact) mass is 355 g/mol. The van der Waals surface area contributed by atoms with Crippen LogP contribution in [0.1, 0.15) is 44.8 Å². The van der Waals surface area contributed by atoms with Gasteiger partial charge in [-0.15, -0.1) is 11.3 Å². The molecule has 0 N–H and O–H groups in total. The predicted molar refractivity (Wildman–Crippen MR) is 98.0 cm³/mol. The maximum atomic E-state index is 12.9. The van der Waals surface area contributed by atoms with E-state index in [-0.39, 0.29) is 11.8 Å². The average Bonchev–Trinajstić information content (AvgIpc) is 3.14. The molecule has 1 aliphatic rings. The first-order valence-corrected chi connectivity index (χ1v) is 9.37. The molecule has 4 heterocycles. The molecule has 1 atom stereocenters. The lowest BCUT2D eigenvalue weighted by Gasteiger charge is -2.32. The summed E-state index contributed by atoms with van der Waals surface area (Å²) in [5.41, 5.74) is 2.79. The van der Waals surface area contributed by atoms with Crippen LogP contribution in [0.5, 0.6) is 0 Å². The van der Waals surface area contributed by atoms with Gasteiger partial charge in [0, 0.05) is 37.6 Å². The van der Waals surface area contributed by atoms with Crippen molar-refractivity contribution in [2.24, 2.45) is 7.05 Å². The molecule has 0 bridgehead atoms. The van der Waals surface area contributed by atoms with Crippen molar-refractivity contribution in [1.82, 2.24) is 24.6 Å². The van der Waals surface area contributed by atoms with Gasteiger partial charge < -0.3 is 4.90 Å². The Hall–Kier alpha value is -2.28. The standard InChI is InChI=1S/C18H21N5OS/c1-11-16(25-12(2)20-11)18(24)23-9-5-6-13(10-23)15-14-7-4-8-19-17(14)22(3)21-15/h4,7-8,13H,5-6,9-10H2,1-3H3/t13-/m0/s1. The summed E-state index contributed by atoms with van der Waals surface area (Å²) in [4.78, 5) is 24.5. The van der Waals surface area contributed by atoms with E-state index in [2.05, 4.69) is 16.0 Å². The fraction of sp³-hybridized carbons (Fsp3) is 0.444. The topological polar surface area (TPSA) is 63.9 Å². The second-order valence-electron chi connectivity index (χ2n) is 6.62. The van der Waals surface area contributed by atoms with Gasteiger partial charge in [0.05, 0.1) is 16.4 Å². The number of aryl methyl sites for hydroxylation is 3. The molecule has 3 aromatic rings. The van der Waals surface area contributed by atoms with E-state index < -0.39 is 0 Å². The van der Waals surface area contributed by atoms with Crippen LogP contribution in [-0.2, 0) is 7.05 Å². The summed E-state index contributed by atoms with van der Waals surface area (Å²) in [5, 5.41) is 6.74. The first-order chi connectivity index (χ1) is 12.0. The van der Waals surface area contributed by atoms with E-state index in [0.717, 1.165) is 51.7 Å². The maximum Gasteiger partial charge on any atom is 0.265 e. The smallest absolute Gasteiger partial charge is 0.265 e. The Morgan fingerprint density at radius 3 is 2.96 bits per heavy atom. The molecule has 0 unspecified atom stereocenters. The molecule has 130 valence electrons. The third kappa shape index (κ3) is 2.82. The number of thiazole rings is 1. The molecule has 7 heteroatoms. The molecule has 3 aromatic heterocycles. The van der Waals surface area contributed by atoms with Crippen molar-refractivity contribution in [3.63, 3.8) is 0 Å². The quantitative estimate of drug-likeness (QED) is 0.709. The number of rotatable bonds is 2. The number of fused-ring (bicyclic) bond motifs is 1. The fourth-order valence-corrected chi connectivity index (χ4v) is 4.57. The Balaban J connectivity index is 1.62. The highest BCUT2D eigenvalue weighted by atomic mass is 32.1. The van der Waals surface area contributed by atoms with Gasteiger partial charge in [-0.3, -0.25) is 9.48 Å². The third-order valence-electron chi connectivity index (χ3n) is 4.82. The van der Waals surface area contributed by atoms with Gasteiger partial charge in [-0.1, -0.05) is 0 Å². The van der Waals surface area contributed by atoms with Gasteiger partial charge in [0.1, 0.15) is 4.88 Å². The van der Waals surface area contributed by atoms with Crippen molar-refractivity contribution in [2.75, 3.05) is 13.1 Å². The molecule has 0 aliphatic carbocycles. The minimum atomic E-state index is 0.103. The van der Waals surface area contributed by atoms with Crippen molar-refractivity contribution in [3.05, 3.63) is 39.6 Å². The number of aromatic nitrogens is 4. The lowest BCUT2D eigenvalue weighted by molar-refractivity contribution is 0.0710. The number of piperidine rings is 1. The Bertz CT molecular complexity index is 944. The summed E-state index contributed by atoms with van der Waals surface area (Å²) in [7, 11) is 1.92. The zero-order valence-electron chi connectivity index (χ0n) is 14.7. The van der Waals surface area contributed by atoms with E-state index >= 15 is 0 Å². The number of pyridine rings is 1. The third-order valence-corrected chi connectivity index (χ3v) is 5.88. The van der Waals surface area contributed by atoms with Crippen molar-refractivity contribution < 1.29 is 4.79 Å². The van der Waals surface area contributed by atoms with Gasteiger partial charge >= 0.3 is 0 Å². The van der Waals surface area contributed by atoms with Crippen LogP contribution in [0.3, 0.4) is 0 Å². The SMILES string of the molecule is Cc1nc(C)c(C(=O)N2CCC[C@H](c3nn(C)c4ncccc34)C2)s1. The predicted octanol–water partition coefficient (Wildman–Crippen LogP) is 3.06. The Morgan fingerprint density at radius 1 is 1.36 bits per heavy atom. The molecule has 1 saturated heterocycles. The molecule has 6 nitrogen and oxygen atoms in total. The highest BCUT2D eigenvalue weighted by Crippen LogP contribution is 2.32. The van der Waals surface area contributed by atoms with Gasteiger partial charge in [-0.05, 0) is 38.8 Å². The second-order valence-corrected chi connectivity index (χ2v) is 7.82. The van der Waals surface area contributed by atoms with E-state index in [1.807, 2.05) is 36.5 Å². The minimum absolute atomic E-state index is 0.103. The molecule has 0 saturated carbocycles. The van der Waals surface area contributed by atoms with Gasteiger partial charge in [-0.25, -0.2) is 9.97 Å². The largest absolute Gasteiger partial charge is 0.337 e. The fourth-order valence-electron chi connectivity index (χ4n) is 3.68. The molecule has 1 amide bonds. The molecule has 1 aliphatic heterocycles. The van der Waals surface area contributed by atoms with E-state index in [0.29, 0.717) is 6.54 Å². The lowest BCUT2D eigenvalue weighted by atomic mass is 9.93. The van der Waals surface area contributed by atoms with Gasteiger partial charge in [-0.2, -0.15) is 5.10 Å². The van der Waals surface area contributed by atoms with E-state index in [4.69, 9.17) is 5.10 Å². The van der Waals surface area contributed by atoms with Gasteiger partial charge in [0.25, 0.3) is 5.91 Å². The lowest BCUT2D eigenvalue weighted by Crippen LogP contribution is -2.39. The van der Waals surface area contributed by atoms with Crippen molar-refractivity contribution in [2.45, 2.75) is 32.6 Å². The number of hydrogen-bond acceptors (Lipinski definition) is 5. The summed E-state index contributed by atoms with van der Waals surface area (Å²) >= 11 is 1.49. The number of hydrogen-bond donors (Lipinski definition) is 0. The first-order valence-electron chi connectivity index (χ1n) is 8.55. The minimum Gasteiger partial charge on any atom is -0.337 e. The summed E-state index contributed by atoms with van der Waals surface area (Å²) in [5.74, 6) is 0.353. The highest BCUT2D eigenvalue weighted by Gasteiger charge is 2.30. The summed E-state index contributed by atoms with van der Waals surface area (Å²) in [6.07, 6.45) is 3.83. The molecule has 0 aromatic carbocycles. The molecule has 1 fully saturated rings. The van der Waals surface area contributed by atoms with Crippen LogP contribution in [0.2, 0.25) is 0 Å².